The second-order valence-corrected chi connectivity index (χ2v) is 12.3. The highest BCUT2D eigenvalue weighted by molar-refractivity contribution is 6.02. The van der Waals surface area contributed by atoms with E-state index in [4.69, 9.17) is 9.47 Å². The summed E-state index contributed by atoms with van der Waals surface area (Å²) in [6, 6.07) is 35.4. The van der Waals surface area contributed by atoms with Crippen LogP contribution in [0.5, 0.6) is 0 Å². The van der Waals surface area contributed by atoms with E-state index >= 15 is 0 Å². The Morgan fingerprint density at radius 2 is 1.41 bits per heavy atom. The van der Waals surface area contributed by atoms with Crippen molar-refractivity contribution in [3.8, 4) is 0 Å². The Labute approximate surface area is 271 Å². The maximum atomic E-state index is 11.9. The number of benzene rings is 5. The van der Waals surface area contributed by atoms with Crippen molar-refractivity contribution >= 4 is 27.6 Å². The minimum atomic E-state index is -0.555. The molecule has 1 aliphatic rings. The zero-order valence-corrected chi connectivity index (χ0v) is 26.8. The van der Waals surface area contributed by atoms with E-state index < -0.39 is 6.29 Å². The third-order valence-electron chi connectivity index (χ3n) is 8.97. The molecule has 46 heavy (non-hydrogen) atoms. The summed E-state index contributed by atoms with van der Waals surface area (Å²) in [5.41, 5.74) is 5.18. The first-order chi connectivity index (χ1) is 22.4. The molecule has 1 heterocycles. The molecule has 4 atom stereocenters. The van der Waals surface area contributed by atoms with Crippen LogP contribution in [0.3, 0.4) is 0 Å². The summed E-state index contributed by atoms with van der Waals surface area (Å²) in [6.45, 7) is 6.61. The lowest BCUT2D eigenvalue weighted by atomic mass is 9.89. The highest BCUT2D eigenvalue weighted by Gasteiger charge is 2.39. The Morgan fingerprint density at radius 3 is 2.04 bits per heavy atom. The van der Waals surface area contributed by atoms with Gasteiger partial charge in [-0.2, -0.15) is 0 Å². The molecule has 0 radical (unpaired) electrons. The second kappa shape index (κ2) is 14.4. The molecule has 0 aliphatic carbocycles. The van der Waals surface area contributed by atoms with Gasteiger partial charge in [-0.1, -0.05) is 104 Å². The van der Waals surface area contributed by atoms with Gasteiger partial charge >= 0.3 is 6.03 Å². The van der Waals surface area contributed by atoms with E-state index in [1.807, 2.05) is 55.5 Å². The maximum absolute atomic E-state index is 11.9. The van der Waals surface area contributed by atoms with Crippen LogP contribution >= 0.6 is 0 Å². The Kier molecular flexibility index (Phi) is 9.95. The Morgan fingerprint density at radius 1 is 0.804 bits per heavy atom. The largest absolute Gasteiger partial charge is 0.392 e. The number of carbonyl (C=O) groups is 1. The SMILES string of the molecule is CCNC(=O)NCc1ccc(C2OC(CN(C)Cc3c4ccccc4cc4ccccc34)C(C)C(c3ccc(CO)cc3)O2)cc1. The van der Waals surface area contributed by atoms with Crippen LogP contribution in [-0.4, -0.2) is 42.3 Å². The van der Waals surface area contributed by atoms with Crippen LogP contribution in [-0.2, 0) is 29.2 Å². The topological polar surface area (TPSA) is 83.1 Å². The van der Waals surface area contributed by atoms with Crippen molar-refractivity contribution in [2.45, 2.75) is 52.0 Å². The number of amides is 2. The number of hydrogen-bond donors (Lipinski definition) is 3. The number of likely N-dealkylation sites (N-methyl/N-ethyl adjacent to an activating group) is 1. The number of rotatable bonds is 10. The lowest BCUT2D eigenvalue weighted by Crippen LogP contribution is -2.43. The predicted molar refractivity (Wildman–Crippen MR) is 183 cm³/mol. The van der Waals surface area contributed by atoms with E-state index in [9.17, 15) is 9.90 Å². The lowest BCUT2D eigenvalue weighted by molar-refractivity contribution is -0.276. The van der Waals surface area contributed by atoms with Gasteiger partial charge in [0.2, 0.25) is 0 Å². The van der Waals surface area contributed by atoms with Gasteiger partial charge in [0.15, 0.2) is 6.29 Å². The molecule has 6 rings (SSSR count). The third kappa shape index (κ3) is 7.08. The molecule has 0 bridgehead atoms. The van der Waals surface area contributed by atoms with Crippen LogP contribution in [0.2, 0.25) is 0 Å². The standard InChI is InChI=1S/C39H43N3O4/c1-4-40-39(44)41-22-27-13-19-30(20-14-27)38-45-36(26(2)37(46-38)29-17-15-28(25-43)16-18-29)24-42(3)23-35-33-11-7-5-9-31(33)21-32-10-6-8-12-34(32)35/h5-21,26,36-38,43H,4,22-25H2,1-3H3,(H2,40,41,44). The van der Waals surface area contributed by atoms with Gasteiger partial charge in [0.05, 0.1) is 18.8 Å². The first kappa shape index (κ1) is 31.7. The first-order valence-corrected chi connectivity index (χ1v) is 16.1. The molecule has 1 aliphatic heterocycles. The number of aliphatic hydroxyl groups is 1. The van der Waals surface area contributed by atoms with Crippen molar-refractivity contribution < 1.29 is 19.4 Å². The van der Waals surface area contributed by atoms with Gasteiger partial charge in [0.25, 0.3) is 0 Å². The Balaban J connectivity index is 1.25. The third-order valence-corrected chi connectivity index (χ3v) is 8.97. The quantitative estimate of drug-likeness (QED) is 0.144. The van der Waals surface area contributed by atoms with Crippen LogP contribution in [0, 0.1) is 5.92 Å². The van der Waals surface area contributed by atoms with Crippen LogP contribution in [0.25, 0.3) is 21.5 Å². The molecule has 3 N–H and O–H groups in total. The van der Waals surface area contributed by atoms with Crippen molar-refractivity contribution in [3.05, 3.63) is 131 Å². The summed E-state index contributed by atoms with van der Waals surface area (Å²) in [5, 5.41) is 20.3. The van der Waals surface area contributed by atoms with Crippen molar-refractivity contribution in [1.82, 2.24) is 15.5 Å². The minimum absolute atomic E-state index is 0.00464. The van der Waals surface area contributed by atoms with Gasteiger partial charge in [-0.05, 0) is 63.8 Å². The fraction of sp³-hybridized carbons (Fsp3) is 0.308. The Bertz CT molecular complexity index is 1720. The van der Waals surface area contributed by atoms with Crippen LogP contribution in [0.4, 0.5) is 4.79 Å². The molecule has 5 aromatic carbocycles. The number of fused-ring (bicyclic) bond motifs is 2. The van der Waals surface area contributed by atoms with Gasteiger partial charge in [0.1, 0.15) is 0 Å². The number of nitrogens with one attached hydrogen (secondary N) is 2. The molecule has 2 amide bonds. The smallest absolute Gasteiger partial charge is 0.315 e. The summed E-state index contributed by atoms with van der Waals surface area (Å²) in [5.74, 6) is 0.0727. The zero-order chi connectivity index (χ0) is 32.0. The summed E-state index contributed by atoms with van der Waals surface area (Å²) in [4.78, 5) is 14.2. The Hall–Kier alpha value is -4.27. The summed E-state index contributed by atoms with van der Waals surface area (Å²) >= 11 is 0. The molecule has 238 valence electrons. The van der Waals surface area contributed by atoms with E-state index in [1.54, 1.807) is 0 Å². The van der Waals surface area contributed by atoms with Gasteiger partial charge in [-0.15, -0.1) is 0 Å². The number of carbonyl (C=O) groups excluding carboxylic acids is 1. The van der Waals surface area contributed by atoms with Crippen molar-refractivity contribution in [2.24, 2.45) is 5.92 Å². The number of hydrogen-bond acceptors (Lipinski definition) is 5. The molecule has 4 unspecified atom stereocenters. The molecule has 7 nitrogen and oxygen atoms in total. The fourth-order valence-corrected chi connectivity index (χ4v) is 6.45. The average molecular weight is 618 g/mol. The predicted octanol–water partition coefficient (Wildman–Crippen LogP) is 7.23. The number of nitrogens with zero attached hydrogens (tertiary/aromatic N) is 1. The van der Waals surface area contributed by atoms with Gasteiger partial charge < -0.3 is 25.2 Å². The van der Waals surface area contributed by atoms with Gasteiger partial charge in [0, 0.05) is 37.7 Å². The molecule has 7 heteroatoms. The zero-order valence-electron chi connectivity index (χ0n) is 26.8. The molecule has 1 saturated heterocycles. The summed E-state index contributed by atoms with van der Waals surface area (Å²) in [7, 11) is 2.17. The van der Waals surface area contributed by atoms with E-state index in [0.29, 0.717) is 13.1 Å². The maximum Gasteiger partial charge on any atom is 0.315 e. The van der Waals surface area contributed by atoms with E-state index in [-0.39, 0.29) is 30.8 Å². The second-order valence-electron chi connectivity index (χ2n) is 12.3. The molecule has 5 aromatic rings. The molecular formula is C39H43N3O4. The molecule has 0 aromatic heterocycles. The van der Waals surface area contributed by atoms with Crippen LogP contribution < -0.4 is 10.6 Å². The van der Waals surface area contributed by atoms with E-state index in [0.717, 1.165) is 35.3 Å². The molecule has 1 fully saturated rings. The highest BCUT2D eigenvalue weighted by Crippen LogP contribution is 2.42. The van der Waals surface area contributed by atoms with E-state index in [1.165, 1.54) is 27.1 Å². The van der Waals surface area contributed by atoms with Gasteiger partial charge in [-0.25, -0.2) is 4.79 Å². The van der Waals surface area contributed by atoms with Crippen LogP contribution in [0.15, 0.2) is 103 Å². The lowest BCUT2D eigenvalue weighted by Gasteiger charge is -2.42. The molecular weight excluding hydrogens is 574 g/mol. The number of urea groups is 1. The monoisotopic (exact) mass is 617 g/mol. The van der Waals surface area contributed by atoms with Crippen LogP contribution in [0.1, 0.15) is 54.1 Å². The average Bonchev–Trinajstić information content (AvgIpc) is 3.08. The summed E-state index contributed by atoms with van der Waals surface area (Å²) < 4.78 is 13.4. The highest BCUT2D eigenvalue weighted by atomic mass is 16.7. The normalized spacial score (nSPS) is 19.8. The molecule has 0 saturated carbocycles. The van der Waals surface area contributed by atoms with Gasteiger partial charge in [-0.3, -0.25) is 4.90 Å². The summed E-state index contributed by atoms with van der Waals surface area (Å²) in [6.07, 6.45) is -0.852. The van der Waals surface area contributed by atoms with Crippen molar-refractivity contribution in [3.63, 3.8) is 0 Å². The minimum Gasteiger partial charge on any atom is -0.392 e. The van der Waals surface area contributed by atoms with Crippen molar-refractivity contribution in [2.75, 3.05) is 20.1 Å². The first-order valence-electron chi connectivity index (χ1n) is 16.1. The number of aliphatic hydroxyl groups excluding tert-OH is 1. The molecule has 0 spiro atoms. The number of ether oxygens (including phenoxy) is 2. The van der Waals surface area contributed by atoms with Crippen molar-refractivity contribution in [1.29, 1.82) is 0 Å². The van der Waals surface area contributed by atoms with E-state index in [2.05, 4.69) is 84.1 Å². The fourth-order valence-electron chi connectivity index (χ4n) is 6.45.